The first-order chi connectivity index (χ1) is 15.6. The Morgan fingerprint density at radius 3 is 2.30 bits per heavy atom. The summed E-state index contributed by atoms with van der Waals surface area (Å²) < 4.78 is 37.1. The molecule has 6 nitrogen and oxygen atoms in total. The van der Waals surface area contributed by atoms with Crippen molar-refractivity contribution in [2.24, 2.45) is 11.3 Å². The predicted octanol–water partition coefficient (Wildman–Crippen LogP) is 3.87. The molecule has 0 aliphatic carbocycles. The van der Waals surface area contributed by atoms with Crippen LogP contribution >= 0.6 is 0 Å². The molecule has 4 rings (SSSR count). The van der Waals surface area contributed by atoms with Gasteiger partial charge in [-0.1, -0.05) is 29.8 Å². The molecule has 0 saturated carbocycles. The number of carboxylic acids is 1. The molecule has 0 radical (unpaired) electrons. The van der Waals surface area contributed by atoms with Gasteiger partial charge in [-0.2, -0.15) is 13.2 Å². The summed E-state index contributed by atoms with van der Waals surface area (Å²) in [6, 6.07) is 8.96. The molecular weight excluding hydrogens is 437 g/mol. The maximum absolute atomic E-state index is 12.6. The Labute approximate surface area is 192 Å². The second-order valence-corrected chi connectivity index (χ2v) is 9.49. The molecule has 3 heterocycles. The number of piperidine rings is 2. The SMILES string of the molecule is Cc1ccc(CN2CCCC3(CCN(C(=O)C4CCOC4)CC3)C2)cc1.O=C(O)C(F)(F)F. The number of carbonyl (C=O) groups is 2. The normalized spacial score (nSPS) is 23.2. The minimum absolute atomic E-state index is 0.119. The molecule has 184 valence electrons. The standard InChI is InChI=1S/C22H32N2O2.C2HF3O2/c1-18-3-5-19(6-4-18)15-23-11-2-8-22(17-23)9-12-24(13-10-22)21(25)20-7-14-26-16-20;3-2(4,5)1(6)7/h3-6,20H,2,7-17H2,1H3;(H,6,7). The zero-order chi connectivity index (χ0) is 24.1. The highest BCUT2D eigenvalue weighted by Crippen LogP contribution is 2.40. The number of nitrogens with zero attached hydrogens (tertiary/aromatic N) is 2. The Kier molecular flexibility index (Phi) is 8.39. The Morgan fingerprint density at radius 1 is 1.12 bits per heavy atom. The molecule has 1 amide bonds. The van der Waals surface area contributed by atoms with E-state index in [1.807, 2.05) is 0 Å². The van der Waals surface area contributed by atoms with E-state index in [1.165, 1.54) is 37.1 Å². The van der Waals surface area contributed by atoms with Gasteiger partial charge in [0.05, 0.1) is 12.5 Å². The Bertz CT molecular complexity index is 799. The van der Waals surface area contributed by atoms with Gasteiger partial charge in [0.2, 0.25) is 5.91 Å². The van der Waals surface area contributed by atoms with Crippen LogP contribution in [0, 0.1) is 18.3 Å². The summed E-state index contributed by atoms with van der Waals surface area (Å²) >= 11 is 0. The third-order valence-corrected chi connectivity index (χ3v) is 6.92. The lowest BCUT2D eigenvalue weighted by Crippen LogP contribution is -2.51. The first kappa shape index (κ1) is 25.5. The molecule has 0 bridgehead atoms. The van der Waals surface area contributed by atoms with Crippen LogP contribution < -0.4 is 0 Å². The third kappa shape index (κ3) is 7.17. The van der Waals surface area contributed by atoms with Crippen molar-refractivity contribution < 1.29 is 32.6 Å². The highest BCUT2D eigenvalue weighted by atomic mass is 19.4. The summed E-state index contributed by atoms with van der Waals surface area (Å²) in [7, 11) is 0. The number of amides is 1. The zero-order valence-corrected chi connectivity index (χ0v) is 19.1. The van der Waals surface area contributed by atoms with Gasteiger partial charge in [0.1, 0.15) is 0 Å². The van der Waals surface area contributed by atoms with Gasteiger partial charge in [-0.25, -0.2) is 4.79 Å². The van der Waals surface area contributed by atoms with E-state index in [1.54, 1.807) is 0 Å². The number of halogens is 3. The van der Waals surface area contributed by atoms with E-state index in [0.29, 0.717) is 17.9 Å². The number of hydrogen-bond acceptors (Lipinski definition) is 4. The van der Waals surface area contributed by atoms with Gasteiger partial charge >= 0.3 is 12.1 Å². The lowest BCUT2D eigenvalue weighted by molar-refractivity contribution is -0.192. The topological polar surface area (TPSA) is 70.1 Å². The highest BCUT2D eigenvalue weighted by Gasteiger charge is 2.40. The van der Waals surface area contributed by atoms with Crippen molar-refractivity contribution in [1.29, 1.82) is 0 Å². The second-order valence-electron chi connectivity index (χ2n) is 9.49. The van der Waals surface area contributed by atoms with Crippen molar-refractivity contribution in [2.45, 2.75) is 51.7 Å². The predicted molar refractivity (Wildman–Crippen MR) is 117 cm³/mol. The van der Waals surface area contributed by atoms with Gasteiger partial charge in [-0.15, -0.1) is 0 Å². The fourth-order valence-corrected chi connectivity index (χ4v) is 4.99. The second kappa shape index (κ2) is 10.9. The molecule has 1 aromatic carbocycles. The summed E-state index contributed by atoms with van der Waals surface area (Å²) in [6.45, 7) is 8.86. The van der Waals surface area contributed by atoms with Gasteiger partial charge in [0, 0.05) is 32.8 Å². The van der Waals surface area contributed by atoms with Crippen LogP contribution in [0.25, 0.3) is 0 Å². The number of aryl methyl sites for hydroxylation is 1. The van der Waals surface area contributed by atoms with E-state index >= 15 is 0 Å². The number of ether oxygens (including phenoxy) is 1. The van der Waals surface area contributed by atoms with E-state index in [4.69, 9.17) is 14.6 Å². The molecule has 1 N–H and O–H groups in total. The number of benzene rings is 1. The average molecular weight is 471 g/mol. The summed E-state index contributed by atoms with van der Waals surface area (Å²) in [5.74, 6) is -2.30. The minimum atomic E-state index is -5.08. The van der Waals surface area contributed by atoms with Crippen LogP contribution in [0.5, 0.6) is 0 Å². The van der Waals surface area contributed by atoms with Crippen LogP contribution in [0.4, 0.5) is 13.2 Å². The van der Waals surface area contributed by atoms with Gasteiger partial charge in [-0.05, 0) is 56.6 Å². The summed E-state index contributed by atoms with van der Waals surface area (Å²) in [6.07, 6.45) is 0.764. The molecule has 3 aliphatic rings. The van der Waals surface area contributed by atoms with Crippen molar-refractivity contribution in [2.75, 3.05) is 39.4 Å². The molecular formula is C24H33F3N2O4. The van der Waals surface area contributed by atoms with Gasteiger partial charge in [0.15, 0.2) is 0 Å². The maximum atomic E-state index is 12.6. The number of likely N-dealkylation sites (tertiary alicyclic amines) is 2. The average Bonchev–Trinajstić information content (AvgIpc) is 3.30. The Hall–Kier alpha value is -2.13. The minimum Gasteiger partial charge on any atom is -0.475 e. The maximum Gasteiger partial charge on any atom is 0.490 e. The molecule has 3 fully saturated rings. The monoisotopic (exact) mass is 470 g/mol. The molecule has 1 atom stereocenters. The van der Waals surface area contributed by atoms with Crippen molar-refractivity contribution in [3.63, 3.8) is 0 Å². The van der Waals surface area contributed by atoms with E-state index in [9.17, 15) is 18.0 Å². The van der Waals surface area contributed by atoms with Crippen molar-refractivity contribution in [3.05, 3.63) is 35.4 Å². The van der Waals surface area contributed by atoms with Gasteiger partial charge in [0.25, 0.3) is 0 Å². The van der Waals surface area contributed by atoms with E-state index < -0.39 is 12.1 Å². The number of aliphatic carboxylic acids is 1. The van der Waals surface area contributed by atoms with Crippen LogP contribution in [0.3, 0.4) is 0 Å². The quantitative estimate of drug-likeness (QED) is 0.726. The van der Waals surface area contributed by atoms with Crippen LogP contribution in [0.15, 0.2) is 24.3 Å². The summed E-state index contributed by atoms with van der Waals surface area (Å²) in [5.41, 5.74) is 3.17. The fourth-order valence-electron chi connectivity index (χ4n) is 4.99. The van der Waals surface area contributed by atoms with Gasteiger partial charge < -0.3 is 14.7 Å². The van der Waals surface area contributed by atoms with E-state index in [-0.39, 0.29) is 5.92 Å². The summed E-state index contributed by atoms with van der Waals surface area (Å²) in [4.78, 5) is 26.3. The molecule has 3 aliphatic heterocycles. The summed E-state index contributed by atoms with van der Waals surface area (Å²) in [5, 5.41) is 7.12. The fraction of sp³-hybridized carbons (Fsp3) is 0.667. The third-order valence-electron chi connectivity index (χ3n) is 6.92. The van der Waals surface area contributed by atoms with Crippen LogP contribution in [-0.2, 0) is 20.9 Å². The smallest absolute Gasteiger partial charge is 0.475 e. The van der Waals surface area contributed by atoms with Crippen LogP contribution in [0.1, 0.15) is 43.2 Å². The van der Waals surface area contributed by atoms with Crippen LogP contribution in [-0.4, -0.2) is 72.4 Å². The first-order valence-corrected chi connectivity index (χ1v) is 11.5. The molecule has 0 aromatic heterocycles. The van der Waals surface area contributed by atoms with E-state index in [2.05, 4.69) is 41.0 Å². The highest BCUT2D eigenvalue weighted by molar-refractivity contribution is 5.79. The Morgan fingerprint density at radius 2 is 1.76 bits per heavy atom. The largest absolute Gasteiger partial charge is 0.490 e. The Balaban J connectivity index is 0.000000383. The number of carboxylic acid groups (broad SMARTS) is 1. The van der Waals surface area contributed by atoms with Gasteiger partial charge in [-0.3, -0.25) is 9.69 Å². The van der Waals surface area contributed by atoms with Crippen molar-refractivity contribution in [1.82, 2.24) is 9.80 Å². The number of carbonyl (C=O) groups excluding carboxylic acids is 1. The first-order valence-electron chi connectivity index (χ1n) is 11.5. The molecule has 33 heavy (non-hydrogen) atoms. The molecule has 1 aromatic rings. The molecule has 3 saturated heterocycles. The number of rotatable bonds is 3. The lowest BCUT2D eigenvalue weighted by Gasteiger charge is -2.48. The molecule has 1 spiro atoms. The molecule has 9 heteroatoms. The van der Waals surface area contributed by atoms with E-state index in [0.717, 1.165) is 45.5 Å². The lowest BCUT2D eigenvalue weighted by atomic mass is 9.72. The zero-order valence-electron chi connectivity index (χ0n) is 19.1. The molecule has 1 unspecified atom stereocenters. The van der Waals surface area contributed by atoms with Crippen molar-refractivity contribution in [3.8, 4) is 0 Å². The van der Waals surface area contributed by atoms with Crippen molar-refractivity contribution >= 4 is 11.9 Å². The van der Waals surface area contributed by atoms with Crippen LogP contribution in [0.2, 0.25) is 0 Å². The number of alkyl halides is 3. The number of hydrogen-bond donors (Lipinski definition) is 1.